The van der Waals surface area contributed by atoms with Gasteiger partial charge in [0.15, 0.2) is 5.58 Å². The van der Waals surface area contributed by atoms with E-state index < -0.39 is 5.92 Å². The molecular weight excluding hydrogens is 340 g/mol. The molecule has 1 fully saturated rings. The minimum absolute atomic E-state index is 0.0230. The Labute approximate surface area is 158 Å². The summed E-state index contributed by atoms with van der Waals surface area (Å²) in [6.45, 7) is 1.91. The Morgan fingerprint density at radius 3 is 2.63 bits per heavy atom. The SMILES string of the molecule is CN1CCC(OC(=O)C(Cc2ccccc2)c2noc3ccccc23)CC1. The van der Waals surface area contributed by atoms with Gasteiger partial charge in [-0.1, -0.05) is 47.6 Å². The van der Waals surface area contributed by atoms with Crippen molar-refractivity contribution in [2.75, 3.05) is 20.1 Å². The number of para-hydroxylation sites is 1. The van der Waals surface area contributed by atoms with Crippen molar-refractivity contribution < 1.29 is 14.1 Å². The van der Waals surface area contributed by atoms with Gasteiger partial charge >= 0.3 is 5.97 Å². The van der Waals surface area contributed by atoms with Crippen LogP contribution in [0.3, 0.4) is 0 Å². The molecule has 27 heavy (non-hydrogen) atoms. The molecule has 0 spiro atoms. The number of carbonyl (C=O) groups is 1. The van der Waals surface area contributed by atoms with Gasteiger partial charge in [-0.15, -0.1) is 0 Å². The first-order chi connectivity index (χ1) is 13.2. The molecule has 1 aliphatic rings. The van der Waals surface area contributed by atoms with Gasteiger partial charge in [-0.05, 0) is 44.0 Å². The maximum atomic E-state index is 13.1. The topological polar surface area (TPSA) is 55.6 Å². The van der Waals surface area contributed by atoms with E-state index in [0.717, 1.165) is 36.9 Å². The lowest BCUT2D eigenvalue weighted by Gasteiger charge is -2.29. The molecular formula is C22H24N2O3. The number of nitrogens with zero attached hydrogens (tertiary/aromatic N) is 2. The summed E-state index contributed by atoms with van der Waals surface area (Å²) in [6.07, 6.45) is 2.27. The third-order valence-electron chi connectivity index (χ3n) is 5.25. The van der Waals surface area contributed by atoms with Gasteiger partial charge in [-0.25, -0.2) is 0 Å². The molecule has 2 heterocycles. The quantitative estimate of drug-likeness (QED) is 0.645. The maximum absolute atomic E-state index is 13.1. The van der Waals surface area contributed by atoms with Gasteiger partial charge < -0.3 is 14.2 Å². The highest BCUT2D eigenvalue weighted by molar-refractivity contribution is 5.87. The van der Waals surface area contributed by atoms with Crippen LogP contribution in [0.15, 0.2) is 59.1 Å². The zero-order valence-corrected chi connectivity index (χ0v) is 15.5. The largest absolute Gasteiger partial charge is 0.462 e. The zero-order valence-electron chi connectivity index (χ0n) is 15.5. The van der Waals surface area contributed by atoms with Crippen molar-refractivity contribution >= 4 is 16.9 Å². The third-order valence-corrected chi connectivity index (χ3v) is 5.25. The highest BCUT2D eigenvalue weighted by Crippen LogP contribution is 2.30. The molecule has 4 rings (SSSR count). The van der Waals surface area contributed by atoms with E-state index in [1.54, 1.807) is 0 Å². The number of hydrogen-bond acceptors (Lipinski definition) is 5. The average molecular weight is 364 g/mol. The fraction of sp³-hybridized carbons (Fsp3) is 0.364. The van der Waals surface area contributed by atoms with Crippen LogP contribution in [0.25, 0.3) is 11.0 Å². The van der Waals surface area contributed by atoms with Crippen LogP contribution in [0, 0.1) is 0 Å². The molecule has 1 unspecified atom stereocenters. The molecule has 0 N–H and O–H groups in total. The summed E-state index contributed by atoms with van der Waals surface area (Å²) in [6, 6.07) is 17.6. The van der Waals surface area contributed by atoms with Crippen LogP contribution in [0.2, 0.25) is 0 Å². The van der Waals surface area contributed by atoms with Gasteiger partial charge in [0, 0.05) is 18.5 Å². The number of esters is 1. The first-order valence-electron chi connectivity index (χ1n) is 9.48. The number of aromatic nitrogens is 1. The van der Waals surface area contributed by atoms with Crippen LogP contribution >= 0.6 is 0 Å². The maximum Gasteiger partial charge on any atom is 0.315 e. The molecule has 1 atom stereocenters. The Morgan fingerprint density at radius 2 is 1.85 bits per heavy atom. The van der Waals surface area contributed by atoms with Crippen molar-refractivity contribution in [1.82, 2.24) is 10.1 Å². The van der Waals surface area contributed by atoms with Gasteiger partial charge in [0.25, 0.3) is 0 Å². The number of benzene rings is 2. The van der Waals surface area contributed by atoms with Gasteiger partial charge in [0.1, 0.15) is 17.7 Å². The van der Waals surface area contributed by atoms with Gasteiger partial charge in [0.05, 0.1) is 0 Å². The van der Waals surface area contributed by atoms with Gasteiger partial charge in [0.2, 0.25) is 0 Å². The van der Waals surface area contributed by atoms with E-state index in [4.69, 9.17) is 9.26 Å². The van der Waals surface area contributed by atoms with Crippen molar-refractivity contribution in [3.8, 4) is 0 Å². The van der Waals surface area contributed by atoms with Gasteiger partial charge in [-0.3, -0.25) is 4.79 Å². The summed E-state index contributed by atoms with van der Waals surface area (Å²) in [5.74, 6) is -0.692. The third kappa shape index (κ3) is 4.03. The second kappa shape index (κ2) is 7.92. The van der Waals surface area contributed by atoms with Crippen molar-refractivity contribution in [3.05, 3.63) is 65.9 Å². The number of fused-ring (bicyclic) bond motifs is 1. The van der Waals surface area contributed by atoms with E-state index in [1.165, 1.54) is 0 Å². The summed E-state index contributed by atoms with van der Waals surface area (Å²) in [7, 11) is 2.10. The molecule has 0 aliphatic carbocycles. The second-order valence-electron chi connectivity index (χ2n) is 7.25. The van der Waals surface area contributed by atoms with Crippen LogP contribution in [0.4, 0.5) is 0 Å². The van der Waals surface area contributed by atoms with E-state index in [2.05, 4.69) is 17.1 Å². The van der Waals surface area contributed by atoms with E-state index in [0.29, 0.717) is 17.7 Å². The summed E-state index contributed by atoms with van der Waals surface area (Å²) in [5.41, 5.74) is 2.43. The normalized spacial score (nSPS) is 17.1. The van der Waals surface area contributed by atoms with Crippen LogP contribution in [0.5, 0.6) is 0 Å². The minimum Gasteiger partial charge on any atom is -0.462 e. The Hall–Kier alpha value is -2.66. The lowest BCUT2D eigenvalue weighted by molar-refractivity contribution is -0.153. The Kier molecular flexibility index (Phi) is 5.21. The zero-order chi connectivity index (χ0) is 18.6. The number of rotatable bonds is 5. The van der Waals surface area contributed by atoms with E-state index in [-0.39, 0.29) is 12.1 Å². The predicted octanol–water partition coefficient (Wildman–Crippen LogP) is 3.79. The van der Waals surface area contributed by atoms with E-state index in [9.17, 15) is 4.79 Å². The molecule has 5 nitrogen and oxygen atoms in total. The van der Waals surface area contributed by atoms with Crippen LogP contribution in [-0.4, -0.2) is 42.3 Å². The number of ether oxygens (including phenoxy) is 1. The van der Waals surface area contributed by atoms with Crippen LogP contribution in [0.1, 0.15) is 30.0 Å². The minimum atomic E-state index is -0.476. The van der Waals surface area contributed by atoms with Crippen molar-refractivity contribution in [2.45, 2.75) is 31.3 Å². The summed E-state index contributed by atoms with van der Waals surface area (Å²) >= 11 is 0. The van der Waals surface area contributed by atoms with E-state index >= 15 is 0 Å². The molecule has 2 aromatic carbocycles. The number of carbonyl (C=O) groups excluding carboxylic acids is 1. The fourth-order valence-corrected chi connectivity index (χ4v) is 3.65. The van der Waals surface area contributed by atoms with Crippen LogP contribution < -0.4 is 0 Å². The molecule has 0 radical (unpaired) electrons. The molecule has 5 heteroatoms. The fourth-order valence-electron chi connectivity index (χ4n) is 3.65. The smallest absolute Gasteiger partial charge is 0.315 e. The van der Waals surface area contributed by atoms with E-state index in [1.807, 2.05) is 54.6 Å². The summed E-state index contributed by atoms with van der Waals surface area (Å²) in [5, 5.41) is 5.11. The molecule has 0 amide bonds. The van der Waals surface area contributed by atoms with Crippen molar-refractivity contribution in [1.29, 1.82) is 0 Å². The van der Waals surface area contributed by atoms with Crippen molar-refractivity contribution in [2.24, 2.45) is 0 Å². The highest BCUT2D eigenvalue weighted by Gasteiger charge is 2.31. The predicted molar refractivity (Wildman–Crippen MR) is 104 cm³/mol. The molecule has 140 valence electrons. The number of hydrogen-bond donors (Lipinski definition) is 0. The lowest BCUT2D eigenvalue weighted by atomic mass is 9.94. The average Bonchev–Trinajstić information content (AvgIpc) is 3.12. The standard InChI is InChI=1S/C22H24N2O3/c1-24-13-11-17(12-14-24)26-22(25)19(15-16-7-3-2-4-8-16)21-18-9-5-6-10-20(18)27-23-21/h2-10,17,19H,11-15H2,1H3. The Morgan fingerprint density at radius 1 is 1.15 bits per heavy atom. The first-order valence-corrected chi connectivity index (χ1v) is 9.48. The summed E-state index contributed by atoms with van der Waals surface area (Å²) in [4.78, 5) is 15.4. The van der Waals surface area contributed by atoms with Crippen molar-refractivity contribution in [3.63, 3.8) is 0 Å². The lowest BCUT2D eigenvalue weighted by Crippen LogP contribution is -2.36. The molecule has 0 bridgehead atoms. The second-order valence-corrected chi connectivity index (χ2v) is 7.25. The molecule has 1 aromatic heterocycles. The van der Waals surface area contributed by atoms with Crippen LogP contribution in [-0.2, 0) is 16.0 Å². The van der Waals surface area contributed by atoms with Gasteiger partial charge in [-0.2, -0.15) is 0 Å². The Balaban J connectivity index is 1.60. The first kappa shape index (κ1) is 17.7. The molecule has 1 saturated heterocycles. The Bertz CT molecular complexity index is 898. The number of piperidine rings is 1. The molecule has 0 saturated carbocycles. The number of likely N-dealkylation sites (tertiary alicyclic amines) is 1. The highest BCUT2D eigenvalue weighted by atomic mass is 16.5. The monoisotopic (exact) mass is 364 g/mol. The molecule has 1 aliphatic heterocycles. The summed E-state index contributed by atoms with van der Waals surface area (Å²) < 4.78 is 11.4. The molecule has 3 aromatic rings.